The van der Waals surface area contributed by atoms with Crippen molar-refractivity contribution in [2.24, 2.45) is 0 Å². The maximum Gasteiger partial charge on any atom is 0.257 e. The lowest BCUT2D eigenvalue weighted by Gasteiger charge is -2.37. The second kappa shape index (κ2) is 7.08. The summed E-state index contributed by atoms with van der Waals surface area (Å²) in [7, 11) is 3.44. The summed E-state index contributed by atoms with van der Waals surface area (Å²) in [5, 5.41) is 10.8. The zero-order chi connectivity index (χ0) is 19.0. The largest absolute Gasteiger partial charge is 0.454 e. The number of amides is 1. The number of β-amino-alcohol motifs (C(OH)–C–C–N with tert-alkyl or cyclic N) is 1. The smallest absolute Gasteiger partial charge is 0.257 e. The minimum Gasteiger partial charge on any atom is -0.454 e. The summed E-state index contributed by atoms with van der Waals surface area (Å²) in [6.45, 7) is 1.37. The van der Waals surface area contributed by atoms with Gasteiger partial charge < -0.3 is 24.4 Å². The summed E-state index contributed by atoms with van der Waals surface area (Å²) >= 11 is 0. The van der Waals surface area contributed by atoms with Gasteiger partial charge in [0, 0.05) is 39.3 Å². The zero-order valence-corrected chi connectivity index (χ0v) is 15.5. The molecule has 2 aliphatic heterocycles. The highest BCUT2D eigenvalue weighted by Crippen LogP contribution is 2.38. The molecule has 2 aromatic rings. The van der Waals surface area contributed by atoms with Crippen LogP contribution in [-0.4, -0.2) is 61.0 Å². The molecule has 1 amide bonds. The van der Waals surface area contributed by atoms with Gasteiger partial charge in [0.1, 0.15) is 5.82 Å². The molecule has 7 nitrogen and oxygen atoms in total. The van der Waals surface area contributed by atoms with Crippen LogP contribution >= 0.6 is 0 Å². The van der Waals surface area contributed by atoms with Gasteiger partial charge in [0.05, 0.1) is 11.7 Å². The minimum atomic E-state index is -0.566. The van der Waals surface area contributed by atoms with E-state index in [2.05, 4.69) is 4.98 Å². The van der Waals surface area contributed by atoms with Gasteiger partial charge in [-0.15, -0.1) is 0 Å². The molecule has 1 fully saturated rings. The summed E-state index contributed by atoms with van der Waals surface area (Å²) in [5.74, 6) is 2.01. The zero-order valence-electron chi connectivity index (χ0n) is 15.5. The average Bonchev–Trinajstić information content (AvgIpc) is 3.15. The molecule has 0 saturated carbocycles. The number of carbonyl (C=O) groups excluding carboxylic acids is 1. The number of aliphatic hydroxyl groups is 1. The summed E-state index contributed by atoms with van der Waals surface area (Å²) < 4.78 is 10.8. The van der Waals surface area contributed by atoms with Gasteiger partial charge in [0.25, 0.3) is 5.91 Å². The molecule has 2 atom stereocenters. The molecule has 2 aliphatic rings. The van der Waals surface area contributed by atoms with E-state index in [4.69, 9.17) is 9.47 Å². The van der Waals surface area contributed by atoms with Gasteiger partial charge in [-0.25, -0.2) is 4.98 Å². The van der Waals surface area contributed by atoms with Gasteiger partial charge in [-0.1, -0.05) is 6.07 Å². The normalized spacial score (nSPS) is 21.2. The third-order valence-corrected chi connectivity index (χ3v) is 5.13. The van der Waals surface area contributed by atoms with E-state index in [0.29, 0.717) is 24.5 Å². The van der Waals surface area contributed by atoms with Crippen molar-refractivity contribution in [2.45, 2.75) is 18.4 Å². The Morgan fingerprint density at radius 1 is 1.26 bits per heavy atom. The van der Waals surface area contributed by atoms with Crippen molar-refractivity contribution in [3.05, 3.63) is 47.7 Å². The predicted molar refractivity (Wildman–Crippen MR) is 100 cm³/mol. The molecule has 142 valence electrons. The van der Waals surface area contributed by atoms with Crippen molar-refractivity contribution >= 4 is 11.7 Å². The Labute approximate surface area is 158 Å². The van der Waals surface area contributed by atoms with Gasteiger partial charge in [-0.05, 0) is 36.2 Å². The van der Waals surface area contributed by atoms with Crippen LogP contribution in [0.4, 0.5) is 5.82 Å². The highest BCUT2D eigenvalue weighted by molar-refractivity contribution is 5.98. The van der Waals surface area contributed by atoms with E-state index in [0.717, 1.165) is 23.5 Å². The Hall–Kier alpha value is -2.80. The Kier molecular flexibility index (Phi) is 4.61. The number of nitrogens with zero attached hydrogens (tertiary/aromatic N) is 3. The fourth-order valence-corrected chi connectivity index (χ4v) is 3.71. The molecule has 0 radical (unpaired) electrons. The van der Waals surface area contributed by atoms with Crippen molar-refractivity contribution < 1.29 is 19.4 Å². The molecule has 0 aliphatic carbocycles. The lowest BCUT2D eigenvalue weighted by Crippen LogP contribution is -2.44. The van der Waals surface area contributed by atoms with Gasteiger partial charge in [0.2, 0.25) is 6.79 Å². The average molecular weight is 369 g/mol. The first-order valence-corrected chi connectivity index (χ1v) is 9.04. The SMILES string of the molecule is CN(C)C(=O)c1cccnc1N1CC[C@@H](c2ccc3c(c2)OCO3)[C@H](O)C1. The van der Waals surface area contributed by atoms with E-state index in [1.54, 1.807) is 32.4 Å². The van der Waals surface area contributed by atoms with Gasteiger partial charge in [0.15, 0.2) is 11.5 Å². The van der Waals surface area contributed by atoms with Crippen LogP contribution in [0.25, 0.3) is 0 Å². The number of fused-ring (bicyclic) bond motifs is 1. The van der Waals surface area contributed by atoms with Crippen LogP contribution in [0.2, 0.25) is 0 Å². The maximum absolute atomic E-state index is 12.5. The third-order valence-electron chi connectivity index (χ3n) is 5.13. The number of hydrogen-bond donors (Lipinski definition) is 1. The van der Waals surface area contributed by atoms with Gasteiger partial charge in [-0.2, -0.15) is 0 Å². The highest BCUT2D eigenvalue weighted by Gasteiger charge is 2.32. The number of carbonyl (C=O) groups is 1. The summed E-state index contributed by atoms with van der Waals surface area (Å²) in [6, 6.07) is 9.37. The first-order valence-electron chi connectivity index (χ1n) is 9.04. The van der Waals surface area contributed by atoms with Crippen molar-refractivity contribution in [1.82, 2.24) is 9.88 Å². The molecule has 0 spiro atoms. The summed E-state index contributed by atoms with van der Waals surface area (Å²) in [6.07, 6.45) is 1.87. The summed E-state index contributed by atoms with van der Waals surface area (Å²) in [5.41, 5.74) is 1.59. The lowest BCUT2D eigenvalue weighted by molar-refractivity contribution is 0.0826. The first-order chi connectivity index (χ1) is 13.0. The summed E-state index contributed by atoms with van der Waals surface area (Å²) in [4.78, 5) is 20.4. The van der Waals surface area contributed by atoms with Gasteiger partial charge >= 0.3 is 0 Å². The number of pyridine rings is 1. The number of aromatic nitrogens is 1. The second-order valence-electron chi connectivity index (χ2n) is 7.10. The molecule has 27 heavy (non-hydrogen) atoms. The Morgan fingerprint density at radius 2 is 2.07 bits per heavy atom. The Balaban J connectivity index is 1.54. The van der Waals surface area contributed by atoms with Crippen LogP contribution in [0, 0.1) is 0 Å². The Morgan fingerprint density at radius 3 is 2.85 bits per heavy atom. The fraction of sp³-hybridized carbons (Fsp3) is 0.400. The number of benzene rings is 1. The van der Waals surface area contributed by atoms with Crippen LogP contribution in [0.15, 0.2) is 36.5 Å². The highest BCUT2D eigenvalue weighted by atomic mass is 16.7. The topological polar surface area (TPSA) is 75.1 Å². The van der Waals surface area contributed by atoms with Crippen LogP contribution in [0.1, 0.15) is 28.3 Å². The molecular formula is C20H23N3O4. The molecule has 1 aromatic heterocycles. The Bertz CT molecular complexity index is 855. The number of piperidine rings is 1. The minimum absolute atomic E-state index is 0.00691. The molecule has 0 bridgehead atoms. The van der Waals surface area contributed by atoms with Gasteiger partial charge in [-0.3, -0.25) is 4.79 Å². The van der Waals surface area contributed by atoms with E-state index in [1.165, 1.54) is 4.90 Å². The second-order valence-corrected chi connectivity index (χ2v) is 7.10. The van der Waals surface area contributed by atoms with Crippen LogP contribution in [0.3, 0.4) is 0 Å². The van der Waals surface area contributed by atoms with E-state index in [9.17, 15) is 9.90 Å². The number of hydrogen-bond acceptors (Lipinski definition) is 6. The molecule has 1 N–H and O–H groups in total. The van der Waals surface area contributed by atoms with E-state index < -0.39 is 6.10 Å². The van der Waals surface area contributed by atoms with Crippen LogP contribution in [-0.2, 0) is 0 Å². The van der Waals surface area contributed by atoms with Crippen LogP contribution < -0.4 is 14.4 Å². The van der Waals surface area contributed by atoms with Crippen molar-refractivity contribution in [2.75, 3.05) is 38.9 Å². The standard InChI is InChI=1S/C20H23N3O4/c1-22(2)20(25)15-4-3-8-21-19(15)23-9-7-14(16(24)11-23)13-5-6-17-18(10-13)27-12-26-17/h3-6,8,10,14,16,24H,7,9,11-12H2,1-2H3/t14-,16+/m0/s1. The molecule has 1 aromatic carbocycles. The molecule has 0 unspecified atom stereocenters. The number of ether oxygens (including phenoxy) is 2. The van der Waals surface area contributed by atoms with E-state index in [1.807, 2.05) is 23.1 Å². The third kappa shape index (κ3) is 3.30. The predicted octanol–water partition coefficient (Wildman–Crippen LogP) is 1.87. The number of aliphatic hydroxyl groups excluding tert-OH is 1. The quantitative estimate of drug-likeness (QED) is 0.890. The molecular weight excluding hydrogens is 346 g/mol. The first kappa shape index (κ1) is 17.6. The van der Waals surface area contributed by atoms with E-state index in [-0.39, 0.29) is 18.6 Å². The van der Waals surface area contributed by atoms with Crippen molar-refractivity contribution in [1.29, 1.82) is 0 Å². The van der Waals surface area contributed by atoms with Crippen molar-refractivity contribution in [3.8, 4) is 11.5 Å². The monoisotopic (exact) mass is 369 g/mol. The van der Waals surface area contributed by atoms with Crippen molar-refractivity contribution in [3.63, 3.8) is 0 Å². The van der Waals surface area contributed by atoms with Crippen LogP contribution in [0.5, 0.6) is 11.5 Å². The molecule has 4 rings (SSSR count). The molecule has 7 heteroatoms. The number of anilines is 1. The van der Waals surface area contributed by atoms with E-state index >= 15 is 0 Å². The lowest BCUT2D eigenvalue weighted by atomic mass is 9.86. The fourth-order valence-electron chi connectivity index (χ4n) is 3.71. The maximum atomic E-state index is 12.5. The number of rotatable bonds is 3. The molecule has 1 saturated heterocycles. The molecule has 3 heterocycles.